The number of rotatable bonds is 7. The number of nitrogens with one attached hydrogen (secondary N) is 1. The SMILES string of the molecule is C=CCOc1ccc(CC(=O)N[C@@H](C)C(=O)OC)cc1Cl. The average molecular weight is 312 g/mol. The highest BCUT2D eigenvalue weighted by atomic mass is 35.5. The van der Waals surface area contributed by atoms with Crippen molar-refractivity contribution < 1.29 is 19.1 Å². The number of hydrogen-bond donors (Lipinski definition) is 1. The summed E-state index contributed by atoms with van der Waals surface area (Å²) < 4.78 is 9.88. The van der Waals surface area contributed by atoms with Crippen molar-refractivity contribution in [3.63, 3.8) is 0 Å². The van der Waals surface area contributed by atoms with E-state index in [1.807, 2.05) is 0 Å². The van der Waals surface area contributed by atoms with Crippen LogP contribution in [0.3, 0.4) is 0 Å². The van der Waals surface area contributed by atoms with Crippen molar-refractivity contribution in [3.8, 4) is 5.75 Å². The monoisotopic (exact) mass is 311 g/mol. The molecule has 0 spiro atoms. The van der Waals surface area contributed by atoms with Gasteiger partial charge in [0.1, 0.15) is 18.4 Å². The Morgan fingerprint density at radius 1 is 1.48 bits per heavy atom. The standard InChI is InChI=1S/C15H18ClNO4/c1-4-7-21-13-6-5-11(8-12(13)16)9-14(18)17-10(2)15(19)20-3/h4-6,8,10H,1,7,9H2,2-3H3,(H,17,18)/t10-/m0/s1. The van der Waals surface area contributed by atoms with Crippen LogP contribution in [0.4, 0.5) is 0 Å². The molecule has 0 unspecified atom stereocenters. The third-order valence-electron chi connectivity index (χ3n) is 2.65. The zero-order valence-corrected chi connectivity index (χ0v) is 12.8. The molecule has 0 bridgehead atoms. The fourth-order valence-corrected chi connectivity index (χ4v) is 1.89. The predicted molar refractivity (Wildman–Crippen MR) is 80.5 cm³/mol. The van der Waals surface area contributed by atoms with Gasteiger partial charge in [-0.3, -0.25) is 4.79 Å². The Kier molecular flexibility index (Phi) is 6.75. The molecule has 0 saturated heterocycles. The van der Waals surface area contributed by atoms with Gasteiger partial charge in [-0.2, -0.15) is 0 Å². The van der Waals surface area contributed by atoms with Crippen molar-refractivity contribution in [1.29, 1.82) is 0 Å². The summed E-state index contributed by atoms with van der Waals surface area (Å²) in [7, 11) is 1.27. The molecule has 1 rings (SSSR count). The smallest absolute Gasteiger partial charge is 0.328 e. The van der Waals surface area contributed by atoms with Crippen molar-refractivity contribution in [2.45, 2.75) is 19.4 Å². The first kappa shape index (κ1) is 17.0. The van der Waals surface area contributed by atoms with Gasteiger partial charge in [-0.1, -0.05) is 30.3 Å². The largest absolute Gasteiger partial charge is 0.488 e. The molecule has 0 aliphatic heterocycles. The number of carbonyl (C=O) groups excluding carboxylic acids is 2. The van der Waals surface area contributed by atoms with Gasteiger partial charge < -0.3 is 14.8 Å². The predicted octanol–water partition coefficient (Wildman–Crippen LogP) is 2.12. The molecule has 0 aliphatic rings. The van der Waals surface area contributed by atoms with Crippen LogP contribution in [0.2, 0.25) is 5.02 Å². The Hall–Kier alpha value is -2.01. The van der Waals surface area contributed by atoms with Crippen molar-refractivity contribution in [2.24, 2.45) is 0 Å². The number of carbonyl (C=O) groups is 2. The van der Waals surface area contributed by atoms with E-state index >= 15 is 0 Å². The summed E-state index contributed by atoms with van der Waals surface area (Å²) in [6, 6.07) is 4.40. The Labute approximate surface area is 128 Å². The molecule has 0 heterocycles. The summed E-state index contributed by atoms with van der Waals surface area (Å²) >= 11 is 6.06. The third kappa shape index (κ3) is 5.47. The molecule has 0 aromatic heterocycles. The van der Waals surface area contributed by atoms with Crippen molar-refractivity contribution in [1.82, 2.24) is 5.32 Å². The van der Waals surface area contributed by atoms with E-state index in [9.17, 15) is 9.59 Å². The van der Waals surface area contributed by atoms with Crippen LogP contribution in [0, 0.1) is 0 Å². The van der Waals surface area contributed by atoms with E-state index in [1.54, 1.807) is 31.2 Å². The van der Waals surface area contributed by atoms with Crippen LogP contribution < -0.4 is 10.1 Å². The first-order chi connectivity index (χ1) is 9.97. The minimum Gasteiger partial charge on any atom is -0.488 e. The fourth-order valence-electron chi connectivity index (χ4n) is 1.63. The van der Waals surface area contributed by atoms with Crippen LogP contribution in [0.1, 0.15) is 12.5 Å². The number of halogens is 1. The lowest BCUT2D eigenvalue weighted by Gasteiger charge is -2.12. The number of methoxy groups -OCH3 is 1. The van der Waals surface area contributed by atoms with Crippen LogP contribution in [-0.4, -0.2) is 31.6 Å². The van der Waals surface area contributed by atoms with Crippen LogP contribution in [-0.2, 0) is 20.7 Å². The lowest BCUT2D eigenvalue weighted by molar-refractivity contribution is -0.144. The molecule has 0 radical (unpaired) electrons. The Morgan fingerprint density at radius 3 is 2.76 bits per heavy atom. The fraction of sp³-hybridized carbons (Fsp3) is 0.333. The lowest BCUT2D eigenvalue weighted by Crippen LogP contribution is -2.39. The Balaban J connectivity index is 2.62. The molecule has 1 aromatic carbocycles. The van der Waals surface area contributed by atoms with Gasteiger partial charge in [0.25, 0.3) is 0 Å². The van der Waals surface area contributed by atoms with Gasteiger partial charge in [-0.05, 0) is 24.6 Å². The molecule has 1 amide bonds. The van der Waals surface area contributed by atoms with Crippen molar-refractivity contribution in [3.05, 3.63) is 41.4 Å². The number of esters is 1. The van der Waals surface area contributed by atoms with Gasteiger partial charge in [0, 0.05) is 0 Å². The van der Waals surface area contributed by atoms with Crippen LogP contribution in [0.15, 0.2) is 30.9 Å². The normalized spacial score (nSPS) is 11.4. The summed E-state index contributed by atoms with van der Waals surface area (Å²) in [5, 5.41) is 2.97. The van der Waals surface area contributed by atoms with Gasteiger partial charge in [0.15, 0.2) is 0 Å². The van der Waals surface area contributed by atoms with Crippen molar-refractivity contribution >= 4 is 23.5 Å². The van der Waals surface area contributed by atoms with E-state index < -0.39 is 12.0 Å². The zero-order valence-electron chi connectivity index (χ0n) is 12.0. The molecule has 1 N–H and O–H groups in total. The topological polar surface area (TPSA) is 64.6 Å². The molecule has 114 valence electrons. The number of hydrogen-bond acceptors (Lipinski definition) is 4. The van der Waals surface area contributed by atoms with E-state index in [0.29, 0.717) is 17.4 Å². The second kappa shape index (κ2) is 8.32. The second-order valence-corrected chi connectivity index (χ2v) is 4.76. The highest BCUT2D eigenvalue weighted by Gasteiger charge is 2.16. The summed E-state index contributed by atoms with van der Waals surface area (Å²) in [4.78, 5) is 23.0. The van der Waals surface area contributed by atoms with Crippen molar-refractivity contribution in [2.75, 3.05) is 13.7 Å². The Bertz CT molecular complexity index is 530. The first-order valence-electron chi connectivity index (χ1n) is 6.37. The summed E-state index contributed by atoms with van der Waals surface area (Å²) in [6.45, 7) is 5.47. The van der Waals surface area contributed by atoms with Gasteiger partial charge in [0.05, 0.1) is 18.6 Å². The first-order valence-corrected chi connectivity index (χ1v) is 6.75. The van der Waals surface area contributed by atoms with Gasteiger partial charge in [-0.15, -0.1) is 0 Å². The van der Waals surface area contributed by atoms with Gasteiger partial charge in [0.2, 0.25) is 5.91 Å². The molecule has 5 nitrogen and oxygen atoms in total. The molecule has 21 heavy (non-hydrogen) atoms. The molecule has 0 aliphatic carbocycles. The molecular weight excluding hydrogens is 294 g/mol. The number of amides is 1. The van der Waals surface area contributed by atoms with Crippen LogP contribution in [0.5, 0.6) is 5.75 Å². The van der Waals surface area contributed by atoms with E-state index in [2.05, 4.69) is 16.6 Å². The highest BCUT2D eigenvalue weighted by molar-refractivity contribution is 6.32. The zero-order chi connectivity index (χ0) is 15.8. The minimum atomic E-state index is -0.687. The molecule has 1 aromatic rings. The van der Waals surface area contributed by atoms with E-state index in [-0.39, 0.29) is 12.3 Å². The quantitative estimate of drug-likeness (QED) is 0.619. The van der Waals surface area contributed by atoms with E-state index in [0.717, 1.165) is 5.56 Å². The minimum absolute atomic E-state index is 0.114. The second-order valence-electron chi connectivity index (χ2n) is 4.35. The maximum Gasteiger partial charge on any atom is 0.328 e. The Morgan fingerprint density at radius 2 is 2.19 bits per heavy atom. The highest BCUT2D eigenvalue weighted by Crippen LogP contribution is 2.25. The lowest BCUT2D eigenvalue weighted by atomic mass is 10.1. The molecule has 6 heteroatoms. The maximum atomic E-state index is 11.8. The number of ether oxygens (including phenoxy) is 2. The maximum absolute atomic E-state index is 11.8. The summed E-state index contributed by atoms with van der Waals surface area (Å²) in [5.41, 5.74) is 0.723. The summed E-state index contributed by atoms with van der Waals surface area (Å²) in [5.74, 6) is -0.248. The van der Waals surface area contributed by atoms with Gasteiger partial charge >= 0.3 is 5.97 Å². The van der Waals surface area contributed by atoms with E-state index in [1.165, 1.54) is 7.11 Å². The van der Waals surface area contributed by atoms with Crippen LogP contribution in [0.25, 0.3) is 0 Å². The molecule has 0 fully saturated rings. The summed E-state index contributed by atoms with van der Waals surface area (Å²) in [6.07, 6.45) is 1.73. The number of benzene rings is 1. The molecular formula is C15H18ClNO4. The molecule has 0 saturated carbocycles. The average Bonchev–Trinajstić information content (AvgIpc) is 2.45. The van der Waals surface area contributed by atoms with E-state index in [4.69, 9.17) is 16.3 Å². The van der Waals surface area contributed by atoms with Crippen LogP contribution >= 0.6 is 11.6 Å². The molecule has 1 atom stereocenters. The van der Waals surface area contributed by atoms with Gasteiger partial charge in [-0.25, -0.2) is 4.79 Å². The third-order valence-corrected chi connectivity index (χ3v) is 2.95.